The monoisotopic (exact) mass is 285 g/mol. The van der Waals surface area contributed by atoms with Crippen LogP contribution in [-0.4, -0.2) is 16.5 Å². The predicted molar refractivity (Wildman–Crippen MR) is 87.5 cm³/mol. The number of fused-ring (bicyclic) bond motifs is 1. The Balaban J connectivity index is 1.97. The molecule has 0 saturated heterocycles. The number of aromatic nitrogens is 2. The molecule has 0 spiro atoms. The van der Waals surface area contributed by atoms with Crippen LogP contribution in [0.4, 0.5) is 5.13 Å². The van der Waals surface area contributed by atoms with Crippen molar-refractivity contribution in [2.45, 2.75) is 20.8 Å². The van der Waals surface area contributed by atoms with Crippen LogP contribution >= 0.6 is 11.3 Å². The molecular weight excluding hydrogens is 266 g/mol. The third-order valence-corrected chi connectivity index (χ3v) is 4.23. The Hall–Kier alpha value is -1.81. The van der Waals surface area contributed by atoms with Crippen LogP contribution in [0.5, 0.6) is 0 Å². The van der Waals surface area contributed by atoms with E-state index in [0.29, 0.717) is 5.92 Å². The fraction of sp³-hybridized carbons (Fsp3) is 0.312. The third-order valence-electron chi connectivity index (χ3n) is 3.30. The average molecular weight is 285 g/mol. The predicted octanol–water partition coefficient (Wildman–Crippen LogP) is 4.67. The summed E-state index contributed by atoms with van der Waals surface area (Å²) in [7, 11) is 0. The van der Waals surface area contributed by atoms with Crippen LogP contribution in [0.1, 0.15) is 18.7 Å². The molecule has 1 aromatic carbocycles. The molecule has 2 N–H and O–H groups in total. The molecule has 2 aromatic heterocycles. The maximum atomic E-state index is 4.76. The molecule has 20 heavy (non-hydrogen) atoms. The Kier molecular flexibility index (Phi) is 3.49. The lowest BCUT2D eigenvalue weighted by molar-refractivity contribution is 0.688. The molecule has 0 aliphatic carbocycles. The first kappa shape index (κ1) is 13.2. The smallest absolute Gasteiger partial charge is 0.183 e. The van der Waals surface area contributed by atoms with Crippen molar-refractivity contribution in [2.24, 2.45) is 5.92 Å². The molecule has 0 aliphatic rings. The number of aromatic amines is 1. The van der Waals surface area contributed by atoms with Crippen LogP contribution in [0.15, 0.2) is 30.5 Å². The van der Waals surface area contributed by atoms with Gasteiger partial charge in [0.25, 0.3) is 0 Å². The summed E-state index contributed by atoms with van der Waals surface area (Å²) in [6.07, 6.45) is 2.05. The van der Waals surface area contributed by atoms with Gasteiger partial charge in [0.05, 0.1) is 5.69 Å². The highest BCUT2D eigenvalue weighted by Gasteiger charge is 2.13. The molecule has 3 aromatic rings. The fourth-order valence-electron chi connectivity index (χ4n) is 2.28. The van der Waals surface area contributed by atoms with Crippen LogP contribution in [-0.2, 0) is 0 Å². The number of anilines is 1. The van der Waals surface area contributed by atoms with E-state index in [1.165, 1.54) is 15.8 Å². The molecule has 0 amide bonds. The second-order valence-electron chi connectivity index (χ2n) is 5.45. The van der Waals surface area contributed by atoms with Gasteiger partial charge in [-0.15, -0.1) is 11.3 Å². The highest BCUT2D eigenvalue weighted by molar-refractivity contribution is 7.16. The second kappa shape index (κ2) is 5.29. The van der Waals surface area contributed by atoms with E-state index in [1.54, 1.807) is 11.3 Å². The summed E-state index contributed by atoms with van der Waals surface area (Å²) in [5, 5.41) is 5.66. The first-order valence-corrected chi connectivity index (χ1v) is 7.74. The normalized spacial score (nSPS) is 11.4. The number of benzene rings is 1. The van der Waals surface area contributed by atoms with Crippen molar-refractivity contribution in [3.63, 3.8) is 0 Å². The molecule has 3 rings (SSSR count). The number of hydrogen-bond acceptors (Lipinski definition) is 3. The zero-order chi connectivity index (χ0) is 14.1. The quantitative estimate of drug-likeness (QED) is 0.731. The Morgan fingerprint density at radius 1 is 1.30 bits per heavy atom. The average Bonchev–Trinajstić information content (AvgIpc) is 2.99. The van der Waals surface area contributed by atoms with Crippen LogP contribution in [0.2, 0.25) is 0 Å². The first-order chi connectivity index (χ1) is 9.65. The summed E-state index contributed by atoms with van der Waals surface area (Å²) in [6.45, 7) is 7.50. The number of H-pyrrole nitrogens is 1. The van der Waals surface area contributed by atoms with Gasteiger partial charge in [0, 0.05) is 34.1 Å². The number of rotatable bonds is 4. The van der Waals surface area contributed by atoms with Gasteiger partial charge in [0.1, 0.15) is 0 Å². The first-order valence-electron chi connectivity index (χ1n) is 6.93. The molecule has 0 unspecified atom stereocenters. The second-order valence-corrected chi connectivity index (χ2v) is 6.65. The maximum absolute atomic E-state index is 4.76. The zero-order valence-electron chi connectivity index (χ0n) is 12.0. The Labute approximate surface area is 123 Å². The van der Waals surface area contributed by atoms with Crippen LogP contribution in [0.3, 0.4) is 0 Å². The molecule has 0 saturated carbocycles. The van der Waals surface area contributed by atoms with E-state index in [2.05, 4.69) is 55.5 Å². The van der Waals surface area contributed by atoms with Crippen molar-refractivity contribution in [3.8, 4) is 11.3 Å². The Morgan fingerprint density at radius 2 is 2.10 bits per heavy atom. The van der Waals surface area contributed by atoms with Crippen molar-refractivity contribution in [2.75, 3.05) is 11.9 Å². The third kappa shape index (κ3) is 2.43. The number of para-hydroxylation sites is 1. The van der Waals surface area contributed by atoms with Gasteiger partial charge < -0.3 is 10.3 Å². The molecule has 104 valence electrons. The lowest BCUT2D eigenvalue weighted by Gasteiger charge is -2.04. The van der Waals surface area contributed by atoms with Gasteiger partial charge >= 0.3 is 0 Å². The van der Waals surface area contributed by atoms with E-state index in [-0.39, 0.29) is 0 Å². The van der Waals surface area contributed by atoms with E-state index in [4.69, 9.17) is 4.98 Å². The van der Waals surface area contributed by atoms with Gasteiger partial charge in [-0.25, -0.2) is 4.98 Å². The SMILES string of the molecule is Cc1sc(NCC(C)C)nc1-c1c[nH]c2ccccc12. The molecule has 0 aliphatic heterocycles. The summed E-state index contributed by atoms with van der Waals surface area (Å²) in [5.74, 6) is 0.621. The Bertz CT molecular complexity index is 724. The van der Waals surface area contributed by atoms with Crippen LogP contribution < -0.4 is 5.32 Å². The van der Waals surface area contributed by atoms with Crippen molar-refractivity contribution < 1.29 is 0 Å². The molecule has 2 heterocycles. The van der Waals surface area contributed by atoms with E-state index < -0.39 is 0 Å². The molecule has 0 bridgehead atoms. The fourth-order valence-corrected chi connectivity index (χ4v) is 3.12. The van der Waals surface area contributed by atoms with Crippen LogP contribution in [0.25, 0.3) is 22.2 Å². The Morgan fingerprint density at radius 3 is 2.90 bits per heavy atom. The molecular formula is C16H19N3S. The van der Waals surface area contributed by atoms with Gasteiger partial charge in [0.15, 0.2) is 5.13 Å². The van der Waals surface area contributed by atoms with Gasteiger partial charge in [-0.3, -0.25) is 0 Å². The van der Waals surface area contributed by atoms with E-state index in [9.17, 15) is 0 Å². The van der Waals surface area contributed by atoms with Gasteiger partial charge in [-0.1, -0.05) is 32.0 Å². The minimum Gasteiger partial charge on any atom is -0.361 e. The summed E-state index contributed by atoms with van der Waals surface area (Å²) in [4.78, 5) is 9.33. The number of aryl methyl sites for hydroxylation is 1. The van der Waals surface area contributed by atoms with Crippen LogP contribution in [0, 0.1) is 12.8 Å². The molecule has 3 nitrogen and oxygen atoms in total. The summed E-state index contributed by atoms with van der Waals surface area (Å²) < 4.78 is 0. The van der Waals surface area contributed by atoms with Gasteiger partial charge in [0.2, 0.25) is 0 Å². The molecule has 4 heteroatoms. The topological polar surface area (TPSA) is 40.7 Å². The van der Waals surface area contributed by atoms with Gasteiger partial charge in [-0.05, 0) is 18.9 Å². The minimum absolute atomic E-state index is 0.621. The number of hydrogen-bond donors (Lipinski definition) is 2. The van der Waals surface area contributed by atoms with Crippen molar-refractivity contribution in [3.05, 3.63) is 35.3 Å². The summed E-state index contributed by atoms with van der Waals surface area (Å²) >= 11 is 1.73. The van der Waals surface area contributed by atoms with Crippen molar-refractivity contribution in [1.29, 1.82) is 0 Å². The van der Waals surface area contributed by atoms with Crippen molar-refractivity contribution >= 4 is 27.4 Å². The lowest BCUT2D eigenvalue weighted by Crippen LogP contribution is -2.07. The highest BCUT2D eigenvalue weighted by atomic mass is 32.1. The number of nitrogens with one attached hydrogen (secondary N) is 2. The molecule has 0 radical (unpaired) electrons. The van der Waals surface area contributed by atoms with Gasteiger partial charge in [-0.2, -0.15) is 0 Å². The zero-order valence-corrected chi connectivity index (χ0v) is 12.8. The number of nitrogens with zero attached hydrogens (tertiary/aromatic N) is 1. The maximum Gasteiger partial charge on any atom is 0.183 e. The number of thiazole rings is 1. The lowest BCUT2D eigenvalue weighted by atomic mass is 10.1. The van der Waals surface area contributed by atoms with Crippen molar-refractivity contribution in [1.82, 2.24) is 9.97 Å². The van der Waals surface area contributed by atoms with E-state index in [1.807, 2.05) is 6.07 Å². The highest BCUT2D eigenvalue weighted by Crippen LogP contribution is 2.34. The molecule has 0 atom stereocenters. The van der Waals surface area contributed by atoms with E-state index >= 15 is 0 Å². The standard InChI is InChI=1S/C16H19N3S/c1-10(2)8-18-16-19-15(11(3)20-16)13-9-17-14-7-5-4-6-12(13)14/h4-7,9-10,17H,8H2,1-3H3,(H,18,19). The molecule has 0 fully saturated rings. The largest absolute Gasteiger partial charge is 0.361 e. The summed E-state index contributed by atoms with van der Waals surface area (Å²) in [5.41, 5.74) is 3.43. The summed E-state index contributed by atoms with van der Waals surface area (Å²) in [6, 6.07) is 8.35. The van der Waals surface area contributed by atoms with E-state index in [0.717, 1.165) is 22.9 Å². The minimum atomic E-state index is 0.621.